The Hall–Kier alpha value is -1.06. The van der Waals surface area contributed by atoms with Gasteiger partial charge in [0.1, 0.15) is 0 Å². The Morgan fingerprint density at radius 3 is 2.79 bits per heavy atom. The number of benzene rings is 1. The monoisotopic (exact) mass is 281 g/mol. The van der Waals surface area contributed by atoms with Crippen molar-refractivity contribution in [3.63, 3.8) is 0 Å². The van der Waals surface area contributed by atoms with Crippen molar-refractivity contribution < 1.29 is 9.90 Å². The topological polar surface area (TPSA) is 40.5 Å². The van der Waals surface area contributed by atoms with Crippen LogP contribution in [0.25, 0.3) is 0 Å². The molecule has 3 nitrogen and oxygen atoms in total. The SMILES string of the molecule is Cc1cc(Cl)cc(CN2CC(C)CC(C(=O)O)C2)c1. The van der Waals surface area contributed by atoms with Gasteiger partial charge >= 0.3 is 5.97 Å². The third-order valence-electron chi connectivity index (χ3n) is 3.59. The van der Waals surface area contributed by atoms with E-state index in [1.165, 1.54) is 0 Å². The molecule has 2 unspecified atom stereocenters. The van der Waals surface area contributed by atoms with Crippen molar-refractivity contribution in [2.75, 3.05) is 13.1 Å². The third kappa shape index (κ3) is 3.95. The first-order valence-electron chi connectivity index (χ1n) is 6.65. The van der Waals surface area contributed by atoms with Crippen LogP contribution in [0.2, 0.25) is 5.02 Å². The molecule has 19 heavy (non-hydrogen) atoms. The van der Waals surface area contributed by atoms with Gasteiger partial charge in [0.2, 0.25) is 0 Å². The van der Waals surface area contributed by atoms with Crippen LogP contribution in [-0.2, 0) is 11.3 Å². The number of likely N-dealkylation sites (tertiary alicyclic amines) is 1. The largest absolute Gasteiger partial charge is 0.481 e. The molecular formula is C15H20ClNO2. The van der Waals surface area contributed by atoms with E-state index in [4.69, 9.17) is 11.6 Å². The zero-order valence-corrected chi connectivity index (χ0v) is 12.2. The molecule has 1 N–H and O–H groups in total. The average molecular weight is 282 g/mol. The summed E-state index contributed by atoms with van der Waals surface area (Å²) in [6.07, 6.45) is 0.778. The Kier molecular flexibility index (Phi) is 4.48. The highest BCUT2D eigenvalue weighted by Crippen LogP contribution is 2.24. The van der Waals surface area contributed by atoms with Crippen LogP contribution in [0.3, 0.4) is 0 Å². The van der Waals surface area contributed by atoms with Gasteiger partial charge < -0.3 is 5.11 Å². The van der Waals surface area contributed by atoms with Crippen LogP contribution in [0.15, 0.2) is 18.2 Å². The van der Waals surface area contributed by atoms with Crippen LogP contribution < -0.4 is 0 Å². The molecule has 0 aromatic heterocycles. The molecule has 1 aliphatic rings. The zero-order valence-electron chi connectivity index (χ0n) is 11.4. The molecule has 2 atom stereocenters. The van der Waals surface area contributed by atoms with Gasteiger partial charge in [0.15, 0.2) is 0 Å². The number of carboxylic acids is 1. The molecule has 1 heterocycles. The van der Waals surface area contributed by atoms with Gasteiger partial charge in [0.05, 0.1) is 5.92 Å². The van der Waals surface area contributed by atoms with Crippen molar-refractivity contribution in [3.8, 4) is 0 Å². The maximum Gasteiger partial charge on any atom is 0.307 e. The van der Waals surface area contributed by atoms with Crippen molar-refractivity contribution in [3.05, 3.63) is 34.3 Å². The molecule has 4 heteroatoms. The number of piperidine rings is 1. The van der Waals surface area contributed by atoms with Crippen LogP contribution in [0.5, 0.6) is 0 Å². The van der Waals surface area contributed by atoms with Gasteiger partial charge in [0.25, 0.3) is 0 Å². The van der Waals surface area contributed by atoms with Crippen molar-refractivity contribution in [2.24, 2.45) is 11.8 Å². The highest BCUT2D eigenvalue weighted by Gasteiger charge is 2.29. The van der Waals surface area contributed by atoms with Crippen LogP contribution in [0.4, 0.5) is 0 Å². The molecule has 0 amide bonds. The number of nitrogens with zero attached hydrogens (tertiary/aromatic N) is 1. The summed E-state index contributed by atoms with van der Waals surface area (Å²) in [5.74, 6) is -0.502. The third-order valence-corrected chi connectivity index (χ3v) is 3.81. The predicted octanol–water partition coefficient (Wildman–Crippen LogP) is 3.19. The Morgan fingerprint density at radius 1 is 1.42 bits per heavy atom. The highest BCUT2D eigenvalue weighted by atomic mass is 35.5. The summed E-state index contributed by atoms with van der Waals surface area (Å²) in [6.45, 7) is 6.50. The molecule has 1 saturated heterocycles. The fourth-order valence-corrected chi connectivity index (χ4v) is 3.24. The fourth-order valence-electron chi connectivity index (χ4n) is 2.93. The van der Waals surface area contributed by atoms with Gasteiger partial charge in [-0.05, 0) is 42.5 Å². The van der Waals surface area contributed by atoms with Crippen molar-refractivity contribution >= 4 is 17.6 Å². The van der Waals surface area contributed by atoms with E-state index in [0.29, 0.717) is 12.5 Å². The second-order valence-electron chi connectivity index (χ2n) is 5.71. The number of aryl methyl sites for hydroxylation is 1. The number of aliphatic carboxylic acids is 1. The highest BCUT2D eigenvalue weighted by molar-refractivity contribution is 6.30. The molecular weight excluding hydrogens is 262 g/mol. The van der Waals surface area contributed by atoms with Gasteiger partial charge in [0, 0.05) is 24.7 Å². The van der Waals surface area contributed by atoms with Crippen molar-refractivity contribution in [2.45, 2.75) is 26.8 Å². The Bertz CT molecular complexity index is 455. The quantitative estimate of drug-likeness (QED) is 0.925. The zero-order chi connectivity index (χ0) is 14.0. The predicted molar refractivity (Wildman–Crippen MR) is 76.4 cm³/mol. The van der Waals surface area contributed by atoms with Crippen LogP contribution in [-0.4, -0.2) is 29.1 Å². The molecule has 2 rings (SSSR count). The first kappa shape index (κ1) is 14.4. The summed E-state index contributed by atoms with van der Waals surface area (Å²) in [5.41, 5.74) is 2.30. The minimum atomic E-state index is -0.682. The molecule has 0 saturated carbocycles. The Balaban J connectivity index is 2.07. The lowest BCUT2D eigenvalue weighted by atomic mass is 9.90. The van der Waals surface area contributed by atoms with Crippen molar-refractivity contribution in [1.82, 2.24) is 4.90 Å². The van der Waals surface area contributed by atoms with Gasteiger partial charge in [-0.25, -0.2) is 0 Å². The number of rotatable bonds is 3. The summed E-state index contributed by atoms with van der Waals surface area (Å²) in [4.78, 5) is 13.4. The molecule has 0 spiro atoms. The molecule has 0 bridgehead atoms. The summed E-state index contributed by atoms with van der Waals surface area (Å²) >= 11 is 6.06. The molecule has 1 aromatic carbocycles. The maximum atomic E-state index is 11.2. The normalized spacial score (nSPS) is 24.4. The molecule has 1 aliphatic heterocycles. The number of carboxylic acid groups (broad SMARTS) is 1. The number of hydrogen-bond acceptors (Lipinski definition) is 2. The number of hydrogen-bond donors (Lipinski definition) is 1. The average Bonchev–Trinajstić information content (AvgIpc) is 2.26. The van der Waals surface area contributed by atoms with Gasteiger partial charge in [-0.3, -0.25) is 9.69 Å². The molecule has 1 aromatic rings. The molecule has 0 radical (unpaired) electrons. The minimum absolute atomic E-state index is 0.246. The molecule has 104 valence electrons. The standard InChI is InChI=1S/C15H20ClNO2/c1-10-3-12(6-14(16)5-10)8-17-7-11(2)4-13(9-17)15(18)19/h3,5-6,11,13H,4,7-9H2,1-2H3,(H,18,19). The van der Waals surface area contributed by atoms with E-state index in [2.05, 4.69) is 17.9 Å². The Labute approximate surface area is 119 Å². The van der Waals surface area contributed by atoms with E-state index in [1.54, 1.807) is 0 Å². The van der Waals surface area contributed by atoms with Crippen LogP contribution in [0.1, 0.15) is 24.5 Å². The summed E-state index contributed by atoms with van der Waals surface area (Å²) < 4.78 is 0. The lowest BCUT2D eigenvalue weighted by Gasteiger charge is -2.34. The smallest absolute Gasteiger partial charge is 0.307 e. The summed E-state index contributed by atoms with van der Waals surface area (Å²) in [6, 6.07) is 6.01. The summed E-state index contributed by atoms with van der Waals surface area (Å²) in [7, 11) is 0. The first-order chi connectivity index (χ1) is 8.94. The van der Waals surface area contributed by atoms with E-state index >= 15 is 0 Å². The minimum Gasteiger partial charge on any atom is -0.481 e. The number of carbonyl (C=O) groups is 1. The molecule has 0 aliphatic carbocycles. The van der Waals surface area contributed by atoms with Crippen LogP contribution in [0, 0.1) is 18.8 Å². The lowest BCUT2D eigenvalue weighted by molar-refractivity contribution is -0.144. The molecule has 1 fully saturated rings. The van der Waals surface area contributed by atoms with Gasteiger partial charge in [-0.15, -0.1) is 0 Å². The van der Waals surface area contributed by atoms with E-state index in [0.717, 1.165) is 35.7 Å². The van der Waals surface area contributed by atoms with E-state index in [-0.39, 0.29) is 5.92 Å². The van der Waals surface area contributed by atoms with E-state index in [1.807, 2.05) is 19.1 Å². The van der Waals surface area contributed by atoms with Crippen molar-refractivity contribution in [1.29, 1.82) is 0 Å². The summed E-state index contributed by atoms with van der Waals surface area (Å²) in [5, 5.41) is 9.93. The van der Waals surface area contributed by atoms with Gasteiger partial charge in [-0.2, -0.15) is 0 Å². The van der Waals surface area contributed by atoms with E-state index in [9.17, 15) is 9.90 Å². The number of halogens is 1. The maximum absolute atomic E-state index is 11.2. The van der Waals surface area contributed by atoms with Crippen LogP contribution >= 0.6 is 11.6 Å². The lowest BCUT2D eigenvalue weighted by Crippen LogP contribution is -2.41. The van der Waals surface area contributed by atoms with Gasteiger partial charge in [-0.1, -0.05) is 24.6 Å². The fraction of sp³-hybridized carbons (Fsp3) is 0.533. The second-order valence-corrected chi connectivity index (χ2v) is 6.14. The Morgan fingerprint density at radius 2 is 2.16 bits per heavy atom. The first-order valence-corrected chi connectivity index (χ1v) is 7.03. The van der Waals surface area contributed by atoms with E-state index < -0.39 is 5.97 Å². The second kappa shape index (κ2) is 5.93.